The molecule has 0 aliphatic heterocycles. The summed E-state index contributed by atoms with van der Waals surface area (Å²) in [7, 11) is -3.54. The summed E-state index contributed by atoms with van der Waals surface area (Å²) in [5.41, 5.74) is -4.25. The summed E-state index contributed by atoms with van der Waals surface area (Å²) >= 11 is 0. The second kappa shape index (κ2) is 7.83. The van der Waals surface area contributed by atoms with E-state index in [2.05, 4.69) is 10.4 Å². The van der Waals surface area contributed by atoms with Crippen LogP contribution in [0.15, 0.2) is 23.4 Å². The summed E-state index contributed by atoms with van der Waals surface area (Å²) in [4.78, 5) is 13.1. The van der Waals surface area contributed by atoms with Crippen LogP contribution < -0.4 is 10.0 Å². The van der Waals surface area contributed by atoms with Gasteiger partial charge in [-0.3, -0.25) is 9.48 Å². The summed E-state index contributed by atoms with van der Waals surface area (Å²) in [6.45, 7) is 0.729. The molecule has 2 heterocycles. The molecule has 0 spiro atoms. The molecule has 2 fully saturated rings. The minimum Gasteiger partial charge on any atom is -0.618 e. The van der Waals surface area contributed by atoms with Crippen molar-refractivity contribution in [2.75, 3.05) is 11.6 Å². The Labute approximate surface area is 195 Å². The highest BCUT2D eigenvalue weighted by atomic mass is 32.2. The molecule has 0 bridgehead atoms. The van der Waals surface area contributed by atoms with Crippen LogP contribution in [0.1, 0.15) is 53.8 Å². The standard InChI is InChI=1S/C20H21F6N5O3S/c1-18(8-12(18)19(21,22)23)9-30-16(14(20(24,25)26)15(29-30)10-3-4-10)17(32)28-11-5-6-31(33)13(7-11)35(2,27)34/h5-7,10,12,27H,3-4,8-9H2,1-2H3,(H,28,32). The first kappa shape index (κ1) is 25.3. The Kier molecular flexibility index (Phi) is 5.65. The molecule has 35 heavy (non-hydrogen) atoms. The molecule has 0 aromatic carbocycles. The van der Waals surface area contributed by atoms with Crippen LogP contribution in [0.4, 0.5) is 32.0 Å². The van der Waals surface area contributed by atoms with Gasteiger partial charge in [0.15, 0.2) is 6.20 Å². The predicted octanol–water partition coefficient (Wildman–Crippen LogP) is 4.29. The van der Waals surface area contributed by atoms with E-state index < -0.39 is 68.1 Å². The second-order valence-electron chi connectivity index (χ2n) is 9.37. The number of alkyl halides is 6. The minimum absolute atomic E-state index is 0.132. The molecule has 2 N–H and O–H groups in total. The quantitative estimate of drug-likeness (QED) is 0.333. The Morgan fingerprint density at radius 3 is 2.46 bits per heavy atom. The molecule has 2 aromatic heterocycles. The molecule has 1 amide bonds. The minimum atomic E-state index is -5.00. The van der Waals surface area contributed by atoms with Crippen LogP contribution in [0.3, 0.4) is 0 Å². The summed E-state index contributed by atoms with van der Waals surface area (Å²) in [6, 6.07) is 1.94. The van der Waals surface area contributed by atoms with Gasteiger partial charge in [-0.15, -0.1) is 0 Å². The van der Waals surface area contributed by atoms with Gasteiger partial charge in [0.2, 0.25) is 0 Å². The van der Waals surface area contributed by atoms with Crippen LogP contribution in [-0.2, 0) is 22.5 Å². The first-order valence-electron chi connectivity index (χ1n) is 10.4. The number of rotatable bonds is 6. The highest BCUT2D eigenvalue weighted by molar-refractivity contribution is 7.91. The molecule has 0 saturated heterocycles. The Hall–Kier alpha value is -2.84. The van der Waals surface area contributed by atoms with Crippen LogP contribution in [0.2, 0.25) is 0 Å². The van der Waals surface area contributed by atoms with E-state index in [0.717, 1.165) is 24.6 Å². The molecule has 0 radical (unpaired) electrons. The molecular formula is C20H21F6N5O3S. The fourth-order valence-electron chi connectivity index (χ4n) is 4.20. The lowest BCUT2D eigenvalue weighted by Gasteiger charge is -2.17. The summed E-state index contributed by atoms with van der Waals surface area (Å²) < 4.78 is 102. The van der Waals surface area contributed by atoms with Crippen molar-refractivity contribution in [3.8, 4) is 0 Å². The molecule has 2 aliphatic rings. The zero-order valence-corrected chi connectivity index (χ0v) is 19.3. The number of nitrogens with zero attached hydrogens (tertiary/aromatic N) is 3. The predicted molar refractivity (Wildman–Crippen MR) is 110 cm³/mol. The lowest BCUT2D eigenvalue weighted by molar-refractivity contribution is -0.646. The van der Waals surface area contributed by atoms with Crippen LogP contribution in [-0.4, -0.2) is 32.3 Å². The van der Waals surface area contributed by atoms with Crippen LogP contribution in [0.5, 0.6) is 0 Å². The SMILES string of the molecule is CC1(Cn2nc(C3CC3)c(C(F)(F)F)c2C(=O)Nc2cc[n+]([O-])c(S(C)(=N)=O)c2)CC1C(F)(F)F. The van der Waals surface area contributed by atoms with E-state index in [-0.39, 0.29) is 22.5 Å². The van der Waals surface area contributed by atoms with Crippen molar-refractivity contribution >= 4 is 21.3 Å². The van der Waals surface area contributed by atoms with Gasteiger partial charge < -0.3 is 10.5 Å². The fraction of sp³-hybridized carbons (Fsp3) is 0.550. The van der Waals surface area contributed by atoms with Crippen molar-refractivity contribution in [1.29, 1.82) is 4.78 Å². The van der Waals surface area contributed by atoms with Gasteiger partial charge in [-0.05, 0) is 24.7 Å². The van der Waals surface area contributed by atoms with E-state index in [1.54, 1.807) is 0 Å². The Bertz CT molecular complexity index is 1300. The number of hydrogen-bond acceptors (Lipinski definition) is 5. The number of pyridine rings is 1. The smallest absolute Gasteiger partial charge is 0.420 e. The highest BCUT2D eigenvalue weighted by Gasteiger charge is 2.64. The van der Waals surface area contributed by atoms with E-state index in [1.807, 2.05) is 0 Å². The van der Waals surface area contributed by atoms with E-state index in [4.69, 9.17) is 4.78 Å². The third-order valence-corrected chi connectivity index (χ3v) is 7.34. The van der Waals surface area contributed by atoms with Gasteiger partial charge in [0.25, 0.3) is 10.9 Å². The molecule has 192 valence electrons. The first-order valence-corrected chi connectivity index (χ1v) is 12.4. The average Bonchev–Trinajstić information content (AvgIpc) is 3.59. The Morgan fingerprint density at radius 1 is 1.34 bits per heavy atom. The van der Waals surface area contributed by atoms with Crippen LogP contribution >= 0.6 is 0 Å². The number of amides is 1. The van der Waals surface area contributed by atoms with Gasteiger partial charge >= 0.3 is 12.4 Å². The van der Waals surface area contributed by atoms with Gasteiger partial charge in [0.05, 0.1) is 17.3 Å². The number of anilines is 1. The molecule has 3 unspecified atom stereocenters. The van der Waals surface area contributed by atoms with Crippen molar-refractivity contribution in [2.45, 2.75) is 56.0 Å². The van der Waals surface area contributed by atoms with Gasteiger partial charge in [-0.2, -0.15) is 36.2 Å². The van der Waals surface area contributed by atoms with Crippen molar-refractivity contribution in [1.82, 2.24) is 9.78 Å². The largest absolute Gasteiger partial charge is 0.618 e. The summed E-state index contributed by atoms with van der Waals surface area (Å²) in [6.07, 6.45) is -7.25. The number of carbonyl (C=O) groups is 1. The van der Waals surface area contributed by atoms with E-state index in [9.17, 15) is 40.6 Å². The maximum atomic E-state index is 14.1. The third-order valence-electron chi connectivity index (χ3n) is 6.24. The van der Waals surface area contributed by atoms with Crippen LogP contribution in [0, 0.1) is 21.3 Å². The number of carbonyl (C=O) groups excluding carboxylic acids is 1. The van der Waals surface area contributed by atoms with Crippen molar-refractivity contribution in [3.63, 3.8) is 0 Å². The molecular weight excluding hydrogens is 504 g/mol. The van der Waals surface area contributed by atoms with Crippen molar-refractivity contribution in [3.05, 3.63) is 40.5 Å². The zero-order valence-electron chi connectivity index (χ0n) is 18.5. The maximum Gasteiger partial charge on any atom is 0.420 e. The van der Waals surface area contributed by atoms with E-state index in [1.165, 1.54) is 6.92 Å². The van der Waals surface area contributed by atoms with E-state index >= 15 is 0 Å². The monoisotopic (exact) mass is 525 g/mol. The van der Waals surface area contributed by atoms with Crippen molar-refractivity contribution < 1.29 is 40.1 Å². The average molecular weight is 525 g/mol. The lowest BCUT2D eigenvalue weighted by atomic mass is 10.1. The topological polar surface area (TPSA) is 115 Å². The molecule has 8 nitrogen and oxygen atoms in total. The molecule has 3 atom stereocenters. The number of halogens is 6. The normalized spacial score (nSPS) is 24.2. The number of hydrogen-bond donors (Lipinski definition) is 2. The molecule has 2 aromatic rings. The lowest BCUT2D eigenvalue weighted by Crippen LogP contribution is -2.33. The fourth-order valence-corrected chi connectivity index (χ4v) is 4.96. The summed E-state index contributed by atoms with van der Waals surface area (Å²) in [5.74, 6) is -3.58. The summed E-state index contributed by atoms with van der Waals surface area (Å²) in [5, 5.41) is 17.4. The van der Waals surface area contributed by atoms with Gasteiger partial charge in [-0.25, -0.2) is 8.99 Å². The molecule has 4 rings (SSSR count). The van der Waals surface area contributed by atoms with Crippen LogP contribution in [0.25, 0.3) is 0 Å². The second-order valence-corrected chi connectivity index (χ2v) is 11.5. The maximum absolute atomic E-state index is 14.1. The highest BCUT2D eigenvalue weighted by Crippen LogP contribution is 2.61. The molecule has 15 heteroatoms. The number of nitrogens with one attached hydrogen (secondary N) is 2. The van der Waals surface area contributed by atoms with E-state index in [0.29, 0.717) is 17.5 Å². The Morgan fingerprint density at radius 2 is 1.97 bits per heavy atom. The third kappa shape index (κ3) is 4.95. The zero-order chi connectivity index (χ0) is 26.1. The van der Waals surface area contributed by atoms with Gasteiger partial charge in [0, 0.05) is 30.9 Å². The van der Waals surface area contributed by atoms with Gasteiger partial charge in [0.1, 0.15) is 21.0 Å². The number of aromatic nitrogens is 3. The van der Waals surface area contributed by atoms with Gasteiger partial charge in [-0.1, -0.05) is 6.92 Å². The first-order chi connectivity index (χ1) is 15.9. The molecule has 2 saturated carbocycles. The molecule has 2 aliphatic carbocycles. The Balaban J connectivity index is 1.76. The van der Waals surface area contributed by atoms with Crippen molar-refractivity contribution in [2.24, 2.45) is 11.3 Å².